The van der Waals surface area contributed by atoms with Crippen molar-refractivity contribution in [3.8, 4) is 0 Å². The van der Waals surface area contributed by atoms with E-state index in [0.717, 1.165) is 10.9 Å². The summed E-state index contributed by atoms with van der Waals surface area (Å²) in [5.74, 6) is 0. The first-order chi connectivity index (χ1) is 9.13. The van der Waals surface area contributed by atoms with E-state index in [1.807, 2.05) is 24.3 Å². The Labute approximate surface area is 108 Å². The molecule has 0 saturated carbocycles. The van der Waals surface area contributed by atoms with Crippen LogP contribution in [0.5, 0.6) is 0 Å². The SMILES string of the molecule is CNc1cc(=O)oc2c1c(=O)n(C)c1ccccc21. The molecule has 0 unspecified atom stereocenters. The van der Waals surface area contributed by atoms with E-state index in [2.05, 4.69) is 5.32 Å². The van der Waals surface area contributed by atoms with Crippen molar-refractivity contribution in [3.63, 3.8) is 0 Å². The number of aryl methyl sites for hydroxylation is 1. The first-order valence-corrected chi connectivity index (χ1v) is 5.87. The maximum Gasteiger partial charge on any atom is 0.338 e. The summed E-state index contributed by atoms with van der Waals surface area (Å²) in [5, 5.41) is 4.01. The molecule has 0 fully saturated rings. The van der Waals surface area contributed by atoms with Gasteiger partial charge in [-0.1, -0.05) is 12.1 Å². The van der Waals surface area contributed by atoms with Crippen molar-refractivity contribution in [2.75, 3.05) is 12.4 Å². The molecule has 1 N–H and O–H groups in total. The molecule has 0 bridgehead atoms. The van der Waals surface area contributed by atoms with Crippen LogP contribution in [0.3, 0.4) is 0 Å². The maximum atomic E-state index is 12.4. The molecule has 0 aliphatic heterocycles. The van der Waals surface area contributed by atoms with Gasteiger partial charge >= 0.3 is 5.63 Å². The number of aromatic nitrogens is 1. The predicted octanol–water partition coefficient (Wildman–Crippen LogP) is 1.69. The summed E-state index contributed by atoms with van der Waals surface area (Å²) in [6.07, 6.45) is 0. The number of hydrogen-bond acceptors (Lipinski definition) is 4. The summed E-state index contributed by atoms with van der Waals surface area (Å²) in [6.45, 7) is 0. The fraction of sp³-hybridized carbons (Fsp3) is 0.143. The number of pyridine rings is 1. The monoisotopic (exact) mass is 256 g/mol. The van der Waals surface area contributed by atoms with Crippen LogP contribution in [0.15, 0.2) is 44.3 Å². The molecular formula is C14H12N2O3. The van der Waals surface area contributed by atoms with Crippen molar-refractivity contribution in [2.45, 2.75) is 0 Å². The Bertz CT molecular complexity index is 906. The predicted molar refractivity (Wildman–Crippen MR) is 74.8 cm³/mol. The van der Waals surface area contributed by atoms with Crippen LogP contribution in [0.4, 0.5) is 5.69 Å². The van der Waals surface area contributed by atoms with E-state index < -0.39 is 5.63 Å². The lowest BCUT2D eigenvalue weighted by Gasteiger charge is -2.10. The second kappa shape index (κ2) is 3.98. The quantitative estimate of drug-likeness (QED) is 0.673. The van der Waals surface area contributed by atoms with Crippen LogP contribution in [0.2, 0.25) is 0 Å². The van der Waals surface area contributed by atoms with Gasteiger partial charge in [0.05, 0.1) is 11.2 Å². The zero-order chi connectivity index (χ0) is 13.6. The molecule has 0 saturated heterocycles. The minimum absolute atomic E-state index is 0.193. The van der Waals surface area contributed by atoms with Crippen LogP contribution in [0.1, 0.15) is 0 Å². The van der Waals surface area contributed by atoms with Crippen LogP contribution in [0, 0.1) is 0 Å². The third-order valence-electron chi connectivity index (χ3n) is 3.26. The maximum absolute atomic E-state index is 12.4. The van der Waals surface area contributed by atoms with Gasteiger partial charge in [0.25, 0.3) is 5.56 Å². The van der Waals surface area contributed by atoms with Crippen molar-refractivity contribution in [3.05, 3.63) is 51.1 Å². The van der Waals surface area contributed by atoms with Crippen molar-refractivity contribution in [1.82, 2.24) is 4.57 Å². The van der Waals surface area contributed by atoms with Crippen LogP contribution >= 0.6 is 0 Å². The lowest BCUT2D eigenvalue weighted by molar-refractivity contribution is 0.563. The van der Waals surface area contributed by atoms with Gasteiger partial charge in [-0.05, 0) is 12.1 Å². The minimum Gasteiger partial charge on any atom is -0.422 e. The van der Waals surface area contributed by atoms with E-state index in [9.17, 15) is 9.59 Å². The summed E-state index contributed by atoms with van der Waals surface area (Å²) < 4.78 is 6.80. The molecular weight excluding hydrogens is 244 g/mol. The van der Waals surface area contributed by atoms with Gasteiger partial charge in [0.2, 0.25) is 0 Å². The molecule has 96 valence electrons. The highest BCUT2D eigenvalue weighted by Crippen LogP contribution is 2.25. The molecule has 2 aromatic heterocycles. The second-order valence-corrected chi connectivity index (χ2v) is 4.31. The molecule has 0 aliphatic rings. The van der Waals surface area contributed by atoms with Crippen LogP contribution in [-0.4, -0.2) is 11.6 Å². The Morgan fingerprint density at radius 3 is 2.68 bits per heavy atom. The van der Waals surface area contributed by atoms with Crippen LogP contribution in [0.25, 0.3) is 21.9 Å². The first kappa shape index (κ1) is 11.5. The number of anilines is 1. The highest BCUT2D eigenvalue weighted by atomic mass is 16.4. The van der Waals surface area contributed by atoms with Crippen LogP contribution in [-0.2, 0) is 7.05 Å². The van der Waals surface area contributed by atoms with Gasteiger partial charge in [-0.25, -0.2) is 4.79 Å². The molecule has 3 rings (SSSR count). The zero-order valence-electron chi connectivity index (χ0n) is 10.6. The van der Waals surface area contributed by atoms with Gasteiger partial charge in [-0.2, -0.15) is 0 Å². The van der Waals surface area contributed by atoms with Crippen molar-refractivity contribution in [2.24, 2.45) is 7.05 Å². The number of nitrogens with zero attached hydrogens (tertiary/aromatic N) is 1. The summed E-state index contributed by atoms with van der Waals surface area (Å²) in [4.78, 5) is 24.0. The fourth-order valence-corrected chi connectivity index (χ4v) is 2.33. The number of rotatable bonds is 1. The molecule has 2 heterocycles. The average Bonchev–Trinajstić information content (AvgIpc) is 2.43. The van der Waals surface area contributed by atoms with E-state index in [1.54, 1.807) is 18.7 Å². The summed E-state index contributed by atoms with van der Waals surface area (Å²) in [7, 11) is 3.37. The molecule has 0 radical (unpaired) electrons. The molecule has 1 aromatic carbocycles. The molecule has 0 spiro atoms. The Hall–Kier alpha value is -2.56. The minimum atomic E-state index is -0.477. The molecule has 19 heavy (non-hydrogen) atoms. The van der Waals surface area contributed by atoms with Gasteiger partial charge < -0.3 is 14.3 Å². The Balaban J connectivity index is 2.74. The molecule has 5 nitrogen and oxygen atoms in total. The third-order valence-corrected chi connectivity index (χ3v) is 3.26. The highest BCUT2D eigenvalue weighted by molar-refractivity contribution is 6.05. The molecule has 0 atom stereocenters. The summed E-state index contributed by atoms with van der Waals surface area (Å²) in [5.41, 5.74) is 0.876. The number of nitrogens with one attached hydrogen (secondary N) is 1. The smallest absolute Gasteiger partial charge is 0.338 e. The van der Waals surface area contributed by atoms with Gasteiger partial charge in [0, 0.05) is 25.5 Å². The van der Waals surface area contributed by atoms with Crippen molar-refractivity contribution >= 4 is 27.6 Å². The van der Waals surface area contributed by atoms with Gasteiger partial charge in [-0.15, -0.1) is 0 Å². The number of para-hydroxylation sites is 1. The number of fused-ring (bicyclic) bond motifs is 3. The second-order valence-electron chi connectivity index (χ2n) is 4.31. The van der Waals surface area contributed by atoms with Crippen molar-refractivity contribution < 1.29 is 4.42 Å². The molecule has 0 aliphatic carbocycles. The average molecular weight is 256 g/mol. The lowest BCUT2D eigenvalue weighted by atomic mass is 10.1. The lowest BCUT2D eigenvalue weighted by Crippen LogP contribution is -2.19. The van der Waals surface area contributed by atoms with E-state index in [-0.39, 0.29) is 5.56 Å². The van der Waals surface area contributed by atoms with Gasteiger partial charge in [0.15, 0.2) is 5.58 Å². The van der Waals surface area contributed by atoms with E-state index in [1.165, 1.54) is 6.07 Å². The standard InChI is InChI=1S/C14H12N2O3/c1-15-9-7-11(17)19-13-8-5-3-4-6-10(8)16(2)14(18)12(9)13/h3-7,15H,1-2H3. The summed E-state index contributed by atoms with van der Waals surface area (Å²) in [6, 6.07) is 8.63. The normalized spacial score (nSPS) is 11.1. The van der Waals surface area contributed by atoms with Gasteiger partial charge in [0.1, 0.15) is 5.39 Å². The fourth-order valence-electron chi connectivity index (χ4n) is 2.33. The first-order valence-electron chi connectivity index (χ1n) is 5.87. The Morgan fingerprint density at radius 2 is 1.95 bits per heavy atom. The molecule has 3 aromatic rings. The van der Waals surface area contributed by atoms with Gasteiger partial charge in [-0.3, -0.25) is 4.79 Å². The van der Waals surface area contributed by atoms with E-state index in [4.69, 9.17) is 4.42 Å². The van der Waals surface area contributed by atoms with E-state index >= 15 is 0 Å². The third kappa shape index (κ3) is 1.55. The largest absolute Gasteiger partial charge is 0.422 e. The Kier molecular flexibility index (Phi) is 2.41. The van der Waals surface area contributed by atoms with E-state index in [0.29, 0.717) is 16.7 Å². The topological polar surface area (TPSA) is 64.2 Å². The molecule has 0 amide bonds. The number of hydrogen-bond donors (Lipinski definition) is 1. The zero-order valence-corrected chi connectivity index (χ0v) is 10.6. The highest BCUT2D eigenvalue weighted by Gasteiger charge is 2.14. The number of benzene rings is 1. The molecule has 5 heteroatoms. The Morgan fingerprint density at radius 1 is 1.21 bits per heavy atom. The van der Waals surface area contributed by atoms with Crippen molar-refractivity contribution in [1.29, 1.82) is 0 Å². The summed E-state index contributed by atoms with van der Waals surface area (Å²) >= 11 is 0. The van der Waals surface area contributed by atoms with Crippen LogP contribution < -0.4 is 16.5 Å².